The van der Waals surface area contributed by atoms with Gasteiger partial charge in [-0.2, -0.15) is 0 Å². The Morgan fingerprint density at radius 1 is 1.50 bits per heavy atom. The van der Waals surface area contributed by atoms with Crippen LogP contribution in [0.1, 0.15) is 0 Å². The summed E-state index contributed by atoms with van der Waals surface area (Å²) in [6.45, 7) is 0. The minimum atomic E-state index is -0.0298. The summed E-state index contributed by atoms with van der Waals surface area (Å²) in [5.41, 5.74) is 6.83. The second kappa shape index (κ2) is 2.48. The molecule has 66 valence electrons. The molecule has 12 heavy (non-hydrogen) atoms. The monoisotopic (exact) mass is 256 g/mol. The molecule has 0 fully saturated rings. The summed E-state index contributed by atoms with van der Waals surface area (Å²) in [6, 6.07) is 3.32. The Morgan fingerprint density at radius 3 is 3.00 bits per heavy atom. The van der Waals surface area contributed by atoms with Gasteiger partial charge in [-0.1, -0.05) is 0 Å². The van der Waals surface area contributed by atoms with Gasteiger partial charge in [0.25, 0.3) is 0 Å². The van der Waals surface area contributed by atoms with Gasteiger partial charge < -0.3 is 0 Å². The van der Waals surface area contributed by atoms with Crippen LogP contribution in [0.3, 0.4) is 0 Å². The Labute approximate surface area is 80.4 Å². The standard InChI is InChI=1S/C6H5N4O.Ag/c7-3-1-2-4-5(6(3)11)9-10-8-4;/h1-2H,(H3-,7,8,9,10,11);/q-1;+1. The van der Waals surface area contributed by atoms with Crippen molar-refractivity contribution in [2.45, 2.75) is 0 Å². The van der Waals surface area contributed by atoms with Crippen molar-refractivity contribution >= 4 is 16.7 Å². The van der Waals surface area contributed by atoms with Crippen LogP contribution >= 0.6 is 0 Å². The van der Waals surface area contributed by atoms with Crippen molar-refractivity contribution < 1.29 is 26.4 Å². The maximum atomic E-state index is 9.41. The van der Waals surface area contributed by atoms with Crippen LogP contribution in [0.2, 0.25) is 0 Å². The molecule has 1 aromatic heterocycles. The van der Waals surface area contributed by atoms with E-state index in [0.717, 1.165) is 0 Å². The Kier molecular flexibility index (Phi) is 1.57. The molecule has 1 heterocycles. The van der Waals surface area contributed by atoms with E-state index in [-0.39, 0.29) is 5.75 Å². The Bertz CT molecular complexity index is 438. The van der Waals surface area contributed by atoms with E-state index in [9.17, 15) is 5.11 Å². The molecule has 0 saturated carbocycles. The second-order valence-electron chi connectivity index (χ2n) is 2.29. The number of nitrogens with zero attached hydrogens (tertiary/aromatic N) is 3. The quantitative estimate of drug-likeness (QED) is 0.396. The van der Waals surface area contributed by atoms with Gasteiger partial charge in [0, 0.05) is 0 Å². The summed E-state index contributed by atoms with van der Waals surface area (Å²) in [5, 5.41) is 16.8. The average molecular weight is 257 g/mol. The first-order valence-electron chi connectivity index (χ1n) is 3.16. The molecule has 2 aromatic rings. The van der Waals surface area contributed by atoms with Gasteiger partial charge in [-0.3, -0.25) is 0 Å². The molecule has 0 amide bonds. The number of nitrogens with two attached hydrogens (primary N) is 1. The Hall–Kier alpha value is -1.04. The predicted molar refractivity (Wildman–Crippen MR) is 39.0 cm³/mol. The van der Waals surface area contributed by atoms with Gasteiger partial charge in [0.1, 0.15) is 0 Å². The van der Waals surface area contributed by atoms with Gasteiger partial charge in [0.2, 0.25) is 0 Å². The van der Waals surface area contributed by atoms with Gasteiger partial charge in [-0.05, 0) is 0 Å². The third kappa shape index (κ3) is 0.911. The van der Waals surface area contributed by atoms with Crippen LogP contribution in [0, 0.1) is 0 Å². The number of phenolic OH excluding ortho intramolecular Hbond substituents is 1. The minimum absolute atomic E-state index is 0.0298. The topological polar surface area (TPSA) is 77.0 Å². The summed E-state index contributed by atoms with van der Waals surface area (Å²) in [5.74, 6) is -0.0298. The summed E-state index contributed by atoms with van der Waals surface area (Å²) in [6.07, 6.45) is 0. The summed E-state index contributed by atoms with van der Waals surface area (Å²) >= 11 is 3.13. The second-order valence-corrected chi connectivity index (χ2v) is 2.92. The fourth-order valence-electron chi connectivity index (χ4n) is 0.947. The van der Waals surface area contributed by atoms with Crippen molar-refractivity contribution in [2.75, 3.05) is 5.73 Å². The Morgan fingerprint density at radius 2 is 2.25 bits per heavy atom. The van der Waals surface area contributed by atoms with Crippen LogP contribution in [0.4, 0.5) is 5.69 Å². The van der Waals surface area contributed by atoms with Crippen LogP contribution in [-0.4, -0.2) is 18.5 Å². The number of hydrogen-bond acceptors (Lipinski definition) is 4. The number of anilines is 1. The average Bonchev–Trinajstić information content (AvgIpc) is 2.41. The van der Waals surface area contributed by atoms with E-state index in [0.29, 0.717) is 16.7 Å². The van der Waals surface area contributed by atoms with E-state index in [1.165, 1.54) is 3.09 Å². The molecule has 0 aliphatic carbocycles. The third-order valence-electron chi connectivity index (χ3n) is 1.56. The maximum absolute atomic E-state index is 9.41. The van der Waals surface area contributed by atoms with E-state index >= 15 is 0 Å². The number of benzene rings is 1. The molecular weight excluding hydrogens is 252 g/mol. The van der Waals surface area contributed by atoms with Crippen molar-refractivity contribution in [3.05, 3.63) is 12.1 Å². The molecule has 3 N–H and O–H groups in total. The number of phenols is 1. The summed E-state index contributed by atoms with van der Waals surface area (Å²) in [4.78, 5) is 0. The van der Waals surface area contributed by atoms with Crippen LogP contribution in [0.15, 0.2) is 12.1 Å². The van der Waals surface area contributed by atoms with Crippen LogP contribution < -0.4 is 5.73 Å². The third-order valence-corrected chi connectivity index (χ3v) is 2.05. The van der Waals surface area contributed by atoms with Crippen LogP contribution in [0.25, 0.3) is 11.0 Å². The van der Waals surface area contributed by atoms with Crippen molar-refractivity contribution in [3.63, 3.8) is 0 Å². The first kappa shape index (κ1) is 7.60. The van der Waals surface area contributed by atoms with Crippen molar-refractivity contribution in [2.24, 2.45) is 0 Å². The van der Waals surface area contributed by atoms with Gasteiger partial charge >= 0.3 is 80.2 Å². The van der Waals surface area contributed by atoms with Crippen molar-refractivity contribution in [3.8, 4) is 5.75 Å². The molecule has 6 heteroatoms. The Balaban J connectivity index is 2.93. The fourth-order valence-corrected chi connectivity index (χ4v) is 1.28. The number of nitrogen functional groups attached to an aromatic ring is 1. The number of rotatable bonds is 0. The number of fused-ring (bicyclic) bond motifs is 1. The van der Waals surface area contributed by atoms with Gasteiger partial charge in [0.15, 0.2) is 0 Å². The summed E-state index contributed by atoms with van der Waals surface area (Å²) < 4.78 is 1.39. The van der Waals surface area contributed by atoms with E-state index in [2.05, 4.69) is 31.6 Å². The molecule has 2 rings (SSSR count). The number of aromatic hydroxyl groups is 1. The fraction of sp³-hybridized carbons (Fsp3) is 0. The first-order valence-corrected chi connectivity index (χ1v) is 3.82. The molecule has 0 aliphatic rings. The van der Waals surface area contributed by atoms with E-state index in [1.807, 2.05) is 0 Å². The van der Waals surface area contributed by atoms with Crippen molar-refractivity contribution in [1.29, 1.82) is 0 Å². The molecule has 0 spiro atoms. The predicted octanol–water partition coefficient (Wildman–Crippen LogP) is 0.0290. The van der Waals surface area contributed by atoms with Crippen LogP contribution in [0.5, 0.6) is 5.75 Å². The molecule has 0 unspecified atom stereocenters. The normalized spacial score (nSPS) is 10.8. The molecule has 0 atom stereocenters. The summed E-state index contributed by atoms with van der Waals surface area (Å²) in [7, 11) is 0. The zero-order chi connectivity index (χ0) is 8.72. The number of hydrogen-bond donors (Lipinski definition) is 2. The van der Waals surface area contributed by atoms with Gasteiger partial charge in [-0.25, -0.2) is 0 Å². The van der Waals surface area contributed by atoms with Crippen molar-refractivity contribution in [1.82, 2.24) is 13.4 Å². The molecule has 5 nitrogen and oxygen atoms in total. The molecule has 0 saturated heterocycles. The van der Waals surface area contributed by atoms with Crippen LogP contribution in [-0.2, 0) is 21.3 Å². The van der Waals surface area contributed by atoms with E-state index in [4.69, 9.17) is 5.73 Å². The first-order chi connectivity index (χ1) is 5.70. The van der Waals surface area contributed by atoms with E-state index in [1.54, 1.807) is 12.1 Å². The van der Waals surface area contributed by atoms with Gasteiger partial charge in [0.05, 0.1) is 0 Å². The van der Waals surface area contributed by atoms with Gasteiger partial charge in [-0.15, -0.1) is 0 Å². The zero-order valence-electron chi connectivity index (χ0n) is 5.82. The zero-order valence-corrected chi connectivity index (χ0v) is 7.30. The molecule has 0 aliphatic heterocycles. The molecular formula is C6H5AgN4O. The number of aromatic nitrogens is 3. The molecule has 1 aromatic carbocycles. The molecule has 0 bridgehead atoms. The molecule has 0 radical (unpaired) electrons. The SMILES string of the molecule is Nc1ccc2c(nn[n]2[Ag])c1O. The van der Waals surface area contributed by atoms with E-state index < -0.39 is 0 Å².